The Hall–Kier alpha value is -2.61. The highest BCUT2D eigenvalue weighted by molar-refractivity contribution is 5.75. The minimum Gasteiger partial charge on any atom is -0.497 e. The summed E-state index contributed by atoms with van der Waals surface area (Å²) in [6, 6.07) is 14.2. The van der Waals surface area contributed by atoms with Crippen LogP contribution in [-0.4, -0.2) is 51.7 Å². The minimum absolute atomic E-state index is 0.265. The molecule has 0 aromatic heterocycles. The van der Waals surface area contributed by atoms with Crippen LogP contribution in [0.5, 0.6) is 11.5 Å². The highest BCUT2D eigenvalue weighted by Gasteiger charge is 2.36. The third-order valence-corrected chi connectivity index (χ3v) is 5.26. The molecule has 0 bridgehead atoms. The van der Waals surface area contributed by atoms with Crippen molar-refractivity contribution < 1.29 is 33.6 Å². The standard InChI is InChI=1S/C25H34O7/c1-16(2)15-21(30-5)24(25(27)31-6)32-23(18-9-13-20(29-4)14-10-18)22(26)17-7-11-19(28-3)12-8-17/h7-14,16,21-24,26H,15H2,1-6H3/t21-,22-,23-,24-/m0/s1. The van der Waals surface area contributed by atoms with Gasteiger partial charge in [0.15, 0.2) is 6.10 Å². The highest BCUT2D eigenvalue weighted by Crippen LogP contribution is 2.36. The van der Waals surface area contributed by atoms with Crippen molar-refractivity contribution in [3.05, 3.63) is 59.7 Å². The van der Waals surface area contributed by atoms with Crippen LogP contribution in [0.2, 0.25) is 0 Å². The second-order valence-corrected chi connectivity index (χ2v) is 7.90. The second-order valence-electron chi connectivity index (χ2n) is 7.90. The van der Waals surface area contributed by atoms with Crippen LogP contribution < -0.4 is 9.47 Å². The summed E-state index contributed by atoms with van der Waals surface area (Å²) >= 11 is 0. The van der Waals surface area contributed by atoms with Crippen molar-refractivity contribution in [3.8, 4) is 11.5 Å². The van der Waals surface area contributed by atoms with E-state index >= 15 is 0 Å². The Morgan fingerprint density at radius 1 is 0.844 bits per heavy atom. The van der Waals surface area contributed by atoms with Gasteiger partial charge in [-0.15, -0.1) is 0 Å². The lowest BCUT2D eigenvalue weighted by Gasteiger charge is -2.32. The van der Waals surface area contributed by atoms with E-state index in [0.717, 1.165) is 0 Å². The minimum atomic E-state index is -1.06. The fraction of sp³-hybridized carbons (Fsp3) is 0.480. The number of methoxy groups -OCH3 is 4. The summed E-state index contributed by atoms with van der Waals surface area (Å²) in [6.07, 6.45) is -2.88. The van der Waals surface area contributed by atoms with Gasteiger partial charge in [0.25, 0.3) is 0 Å². The first-order chi connectivity index (χ1) is 15.3. The van der Waals surface area contributed by atoms with Crippen LogP contribution in [0.1, 0.15) is 43.6 Å². The molecular weight excluding hydrogens is 412 g/mol. The Kier molecular flexibility index (Phi) is 9.97. The predicted octanol–water partition coefficient (Wildman–Crippen LogP) is 4.10. The van der Waals surface area contributed by atoms with Crippen LogP contribution in [0.25, 0.3) is 0 Å². The quantitative estimate of drug-likeness (QED) is 0.492. The van der Waals surface area contributed by atoms with Gasteiger partial charge in [-0.25, -0.2) is 4.79 Å². The van der Waals surface area contributed by atoms with Gasteiger partial charge in [0.05, 0.1) is 27.4 Å². The van der Waals surface area contributed by atoms with Gasteiger partial charge in [0.1, 0.15) is 23.7 Å². The van der Waals surface area contributed by atoms with E-state index in [2.05, 4.69) is 0 Å². The smallest absolute Gasteiger partial charge is 0.337 e. The molecule has 176 valence electrons. The molecule has 0 aliphatic rings. The lowest BCUT2D eigenvalue weighted by Crippen LogP contribution is -2.41. The molecule has 4 atom stereocenters. The first kappa shape index (κ1) is 25.6. The fourth-order valence-electron chi connectivity index (χ4n) is 3.48. The van der Waals surface area contributed by atoms with E-state index in [1.54, 1.807) is 62.8 Å². The van der Waals surface area contributed by atoms with Gasteiger partial charge in [-0.05, 0) is 47.7 Å². The Balaban J connectivity index is 2.45. The molecule has 32 heavy (non-hydrogen) atoms. The topological polar surface area (TPSA) is 83.5 Å². The van der Waals surface area contributed by atoms with E-state index in [-0.39, 0.29) is 5.92 Å². The van der Waals surface area contributed by atoms with Crippen molar-refractivity contribution in [1.29, 1.82) is 0 Å². The summed E-state index contributed by atoms with van der Waals surface area (Å²) < 4.78 is 27.3. The second kappa shape index (κ2) is 12.4. The van der Waals surface area contributed by atoms with E-state index < -0.39 is 30.4 Å². The zero-order valence-electron chi connectivity index (χ0n) is 19.6. The molecule has 2 aromatic rings. The molecule has 0 radical (unpaired) electrons. The molecule has 7 heteroatoms. The number of esters is 1. The molecule has 0 unspecified atom stereocenters. The van der Waals surface area contributed by atoms with Gasteiger partial charge in [-0.2, -0.15) is 0 Å². The lowest BCUT2D eigenvalue weighted by atomic mass is 9.96. The van der Waals surface area contributed by atoms with Crippen molar-refractivity contribution in [2.75, 3.05) is 28.4 Å². The summed E-state index contributed by atoms with van der Waals surface area (Å²) in [5, 5.41) is 11.3. The maximum atomic E-state index is 12.7. The van der Waals surface area contributed by atoms with Gasteiger partial charge >= 0.3 is 5.97 Å². The lowest BCUT2D eigenvalue weighted by molar-refractivity contribution is -0.179. The molecule has 0 saturated carbocycles. The van der Waals surface area contributed by atoms with E-state index in [1.165, 1.54) is 14.2 Å². The molecule has 0 spiro atoms. The van der Waals surface area contributed by atoms with Crippen molar-refractivity contribution >= 4 is 5.97 Å². The highest BCUT2D eigenvalue weighted by atomic mass is 16.6. The number of benzene rings is 2. The molecule has 2 aromatic carbocycles. The number of rotatable bonds is 12. The van der Waals surface area contributed by atoms with Crippen LogP contribution in [0.15, 0.2) is 48.5 Å². The molecule has 0 heterocycles. The first-order valence-corrected chi connectivity index (χ1v) is 10.6. The van der Waals surface area contributed by atoms with Crippen molar-refractivity contribution in [2.45, 2.75) is 44.7 Å². The number of ether oxygens (including phenoxy) is 5. The van der Waals surface area contributed by atoms with E-state index in [0.29, 0.717) is 29.0 Å². The van der Waals surface area contributed by atoms with Crippen LogP contribution in [-0.2, 0) is 19.0 Å². The number of carbonyl (C=O) groups excluding carboxylic acids is 1. The average Bonchev–Trinajstić information content (AvgIpc) is 2.82. The van der Waals surface area contributed by atoms with Crippen molar-refractivity contribution in [3.63, 3.8) is 0 Å². The average molecular weight is 447 g/mol. The van der Waals surface area contributed by atoms with Gasteiger partial charge in [0.2, 0.25) is 0 Å². The molecule has 0 aliphatic heterocycles. The maximum Gasteiger partial charge on any atom is 0.337 e. The maximum absolute atomic E-state index is 12.7. The summed E-state index contributed by atoms with van der Waals surface area (Å²) in [7, 11) is 6.00. The summed E-state index contributed by atoms with van der Waals surface area (Å²) in [4.78, 5) is 12.7. The molecule has 0 saturated heterocycles. The van der Waals surface area contributed by atoms with E-state index in [9.17, 15) is 9.90 Å². The molecular formula is C25H34O7. The fourth-order valence-corrected chi connectivity index (χ4v) is 3.48. The van der Waals surface area contributed by atoms with Crippen LogP contribution >= 0.6 is 0 Å². The van der Waals surface area contributed by atoms with Crippen LogP contribution in [0.3, 0.4) is 0 Å². The largest absolute Gasteiger partial charge is 0.497 e. The van der Waals surface area contributed by atoms with Crippen LogP contribution in [0.4, 0.5) is 0 Å². The number of hydrogen-bond donors (Lipinski definition) is 1. The van der Waals surface area contributed by atoms with Gasteiger partial charge in [-0.3, -0.25) is 0 Å². The molecule has 0 fully saturated rings. The van der Waals surface area contributed by atoms with E-state index in [4.69, 9.17) is 23.7 Å². The summed E-state index contributed by atoms with van der Waals surface area (Å²) in [5.74, 6) is 1.05. The molecule has 1 N–H and O–H groups in total. The number of aliphatic hydroxyl groups excluding tert-OH is 1. The van der Waals surface area contributed by atoms with E-state index in [1.807, 2.05) is 13.8 Å². The summed E-state index contributed by atoms with van der Waals surface area (Å²) in [5.41, 5.74) is 1.30. The predicted molar refractivity (Wildman–Crippen MR) is 121 cm³/mol. The Bertz CT molecular complexity index is 817. The number of carbonyl (C=O) groups is 1. The molecule has 7 nitrogen and oxygen atoms in total. The molecule has 0 aliphatic carbocycles. The zero-order chi connectivity index (χ0) is 23.7. The molecule has 2 rings (SSSR count). The first-order valence-electron chi connectivity index (χ1n) is 10.6. The Morgan fingerprint density at radius 3 is 1.75 bits per heavy atom. The Morgan fingerprint density at radius 2 is 1.34 bits per heavy atom. The molecule has 0 amide bonds. The SMILES string of the molecule is COC(=O)[C@@H](O[C@@H](c1ccc(OC)cc1)[C@@H](O)c1ccc(OC)cc1)[C@H](CC(C)C)OC. The number of aliphatic hydroxyl groups is 1. The van der Waals surface area contributed by atoms with Gasteiger partial charge in [-0.1, -0.05) is 38.1 Å². The third kappa shape index (κ3) is 6.69. The third-order valence-electron chi connectivity index (χ3n) is 5.26. The zero-order valence-corrected chi connectivity index (χ0v) is 19.6. The monoisotopic (exact) mass is 446 g/mol. The van der Waals surface area contributed by atoms with Gasteiger partial charge in [0, 0.05) is 7.11 Å². The number of hydrogen-bond acceptors (Lipinski definition) is 7. The summed E-state index contributed by atoms with van der Waals surface area (Å²) in [6.45, 7) is 4.07. The van der Waals surface area contributed by atoms with Crippen molar-refractivity contribution in [1.82, 2.24) is 0 Å². The Labute approximate surface area is 190 Å². The van der Waals surface area contributed by atoms with Crippen LogP contribution in [0, 0.1) is 5.92 Å². The van der Waals surface area contributed by atoms with Gasteiger partial charge < -0.3 is 28.8 Å². The van der Waals surface area contributed by atoms with Crippen molar-refractivity contribution in [2.24, 2.45) is 5.92 Å². The normalized spacial score (nSPS) is 15.0.